The Kier molecular flexibility index (Phi) is 5.60. The molecule has 0 aromatic heterocycles. The molecule has 1 fully saturated rings. The molecule has 2 unspecified atom stereocenters. The molecule has 1 aliphatic rings. The summed E-state index contributed by atoms with van der Waals surface area (Å²) in [7, 11) is 0. The largest absolute Gasteiger partial charge is 0.479 e. The quantitative estimate of drug-likeness (QED) is 0.674. The highest BCUT2D eigenvalue weighted by Gasteiger charge is 2.14. The fourth-order valence-electron chi connectivity index (χ4n) is 1.32. The number of aliphatic carboxylic acids is 1. The van der Waals surface area contributed by atoms with Gasteiger partial charge in [0.2, 0.25) is 0 Å². The summed E-state index contributed by atoms with van der Waals surface area (Å²) in [5, 5.41) is 8.54. The second kappa shape index (κ2) is 6.76. The summed E-state index contributed by atoms with van der Waals surface area (Å²) in [5.74, 6) is -0.955. The molecule has 2 atom stereocenters. The van der Waals surface area contributed by atoms with Crippen molar-refractivity contribution in [1.82, 2.24) is 0 Å². The maximum Gasteiger partial charge on any atom is 0.332 e. The van der Waals surface area contributed by atoms with E-state index in [2.05, 4.69) is 0 Å². The Morgan fingerprint density at radius 2 is 2.33 bits per heavy atom. The molecule has 0 bridgehead atoms. The lowest BCUT2D eigenvalue weighted by Gasteiger charge is -2.22. The Labute approximate surface area is 89.3 Å². The molecule has 0 amide bonds. The maximum absolute atomic E-state index is 10.4. The number of carboxylic acid groups (broad SMARTS) is 1. The standard InChI is InChI=1S/C10H18O5/c1-8(10(11)12)13-6-7-15-9-4-2-3-5-14-9/h8-9H,2-7H2,1H3,(H,11,12). The van der Waals surface area contributed by atoms with Crippen LogP contribution in [0.3, 0.4) is 0 Å². The van der Waals surface area contributed by atoms with Crippen molar-refractivity contribution in [3.05, 3.63) is 0 Å². The summed E-state index contributed by atoms with van der Waals surface area (Å²) in [6.07, 6.45) is 2.21. The Morgan fingerprint density at radius 1 is 1.53 bits per heavy atom. The molecule has 0 saturated carbocycles. The van der Waals surface area contributed by atoms with Gasteiger partial charge in [0.25, 0.3) is 0 Å². The Bertz CT molecular complexity index is 188. The zero-order valence-corrected chi connectivity index (χ0v) is 8.98. The molecule has 1 heterocycles. The summed E-state index contributed by atoms with van der Waals surface area (Å²) in [5.41, 5.74) is 0. The van der Waals surface area contributed by atoms with E-state index in [1.54, 1.807) is 0 Å². The van der Waals surface area contributed by atoms with Gasteiger partial charge in [-0.2, -0.15) is 0 Å². The highest BCUT2D eigenvalue weighted by Crippen LogP contribution is 2.13. The van der Waals surface area contributed by atoms with E-state index >= 15 is 0 Å². The van der Waals surface area contributed by atoms with Gasteiger partial charge in [0.1, 0.15) is 0 Å². The van der Waals surface area contributed by atoms with Crippen LogP contribution in [-0.2, 0) is 19.0 Å². The van der Waals surface area contributed by atoms with Gasteiger partial charge in [-0.1, -0.05) is 0 Å². The molecule has 88 valence electrons. The predicted octanol–water partition coefficient (Wildman–Crippen LogP) is 1.02. The van der Waals surface area contributed by atoms with E-state index < -0.39 is 12.1 Å². The van der Waals surface area contributed by atoms with E-state index in [1.165, 1.54) is 6.92 Å². The number of hydrogen-bond donors (Lipinski definition) is 1. The van der Waals surface area contributed by atoms with Gasteiger partial charge in [0, 0.05) is 6.61 Å². The minimum atomic E-state index is -0.955. The number of carboxylic acids is 1. The molecule has 0 aromatic carbocycles. The van der Waals surface area contributed by atoms with Gasteiger partial charge in [-0.3, -0.25) is 0 Å². The van der Waals surface area contributed by atoms with E-state index in [0.717, 1.165) is 25.9 Å². The molecule has 0 spiro atoms. The highest BCUT2D eigenvalue weighted by atomic mass is 16.7. The lowest BCUT2D eigenvalue weighted by atomic mass is 10.2. The summed E-state index contributed by atoms with van der Waals surface area (Å²) >= 11 is 0. The van der Waals surface area contributed by atoms with Gasteiger partial charge in [-0.15, -0.1) is 0 Å². The minimum absolute atomic E-state index is 0.137. The normalized spacial score (nSPS) is 23.7. The molecular weight excluding hydrogens is 200 g/mol. The van der Waals surface area contributed by atoms with Crippen molar-refractivity contribution in [2.75, 3.05) is 19.8 Å². The van der Waals surface area contributed by atoms with Crippen molar-refractivity contribution in [1.29, 1.82) is 0 Å². The van der Waals surface area contributed by atoms with Crippen molar-refractivity contribution in [2.24, 2.45) is 0 Å². The second-order valence-corrected chi connectivity index (χ2v) is 3.52. The maximum atomic E-state index is 10.4. The van der Waals surface area contributed by atoms with Crippen LogP contribution >= 0.6 is 0 Å². The summed E-state index contributed by atoms with van der Waals surface area (Å²) in [6.45, 7) is 2.91. The van der Waals surface area contributed by atoms with Crippen LogP contribution < -0.4 is 0 Å². The van der Waals surface area contributed by atoms with E-state index in [0.29, 0.717) is 6.61 Å². The molecule has 0 aromatic rings. The highest BCUT2D eigenvalue weighted by molar-refractivity contribution is 5.71. The second-order valence-electron chi connectivity index (χ2n) is 3.52. The molecule has 0 aliphatic carbocycles. The smallest absolute Gasteiger partial charge is 0.332 e. The lowest BCUT2D eigenvalue weighted by Crippen LogP contribution is -2.26. The first-order valence-electron chi connectivity index (χ1n) is 5.28. The Balaban J connectivity index is 1.98. The molecule has 1 aliphatic heterocycles. The van der Waals surface area contributed by atoms with Crippen LogP contribution in [0.5, 0.6) is 0 Å². The van der Waals surface area contributed by atoms with Crippen LogP contribution in [0, 0.1) is 0 Å². The fraction of sp³-hybridized carbons (Fsp3) is 0.900. The van der Waals surface area contributed by atoms with Crippen molar-refractivity contribution >= 4 is 5.97 Å². The Morgan fingerprint density at radius 3 is 2.93 bits per heavy atom. The zero-order chi connectivity index (χ0) is 11.1. The summed E-state index contributed by atoms with van der Waals surface area (Å²) in [6, 6.07) is 0. The van der Waals surface area contributed by atoms with Crippen LogP contribution in [0.1, 0.15) is 26.2 Å². The van der Waals surface area contributed by atoms with E-state index in [-0.39, 0.29) is 12.9 Å². The lowest BCUT2D eigenvalue weighted by molar-refractivity contribution is -0.174. The topological polar surface area (TPSA) is 65.0 Å². The van der Waals surface area contributed by atoms with E-state index in [9.17, 15) is 4.79 Å². The first-order valence-corrected chi connectivity index (χ1v) is 5.28. The summed E-state index contributed by atoms with van der Waals surface area (Å²) < 4.78 is 15.7. The first-order chi connectivity index (χ1) is 7.20. The number of carbonyl (C=O) groups is 1. The van der Waals surface area contributed by atoms with Gasteiger partial charge < -0.3 is 19.3 Å². The van der Waals surface area contributed by atoms with Gasteiger partial charge in [-0.25, -0.2) is 4.79 Å². The van der Waals surface area contributed by atoms with Gasteiger partial charge in [0.05, 0.1) is 13.2 Å². The van der Waals surface area contributed by atoms with Gasteiger partial charge in [-0.05, 0) is 26.2 Å². The molecule has 5 nitrogen and oxygen atoms in total. The average molecular weight is 218 g/mol. The van der Waals surface area contributed by atoms with Crippen LogP contribution in [0.15, 0.2) is 0 Å². The molecule has 5 heteroatoms. The van der Waals surface area contributed by atoms with E-state index in [1.807, 2.05) is 0 Å². The number of ether oxygens (including phenoxy) is 3. The molecule has 0 radical (unpaired) electrons. The van der Waals surface area contributed by atoms with Crippen molar-refractivity contribution in [2.45, 2.75) is 38.6 Å². The van der Waals surface area contributed by atoms with Crippen molar-refractivity contribution in [3.8, 4) is 0 Å². The van der Waals surface area contributed by atoms with Crippen LogP contribution in [0.2, 0.25) is 0 Å². The molecule has 1 N–H and O–H groups in total. The third-order valence-electron chi connectivity index (χ3n) is 2.24. The zero-order valence-electron chi connectivity index (χ0n) is 8.98. The average Bonchev–Trinajstić information content (AvgIpc) is 2.25. The molecule has 1 rings (SSSR count). The first kappa shape index (κ1) is 12.4. The third-order valence-corrected chi connectivity index (χ3v) is 2.24. The van der Waals surface area contributed by atoms with Crippen molar-refractivity contribution < 1.29 is 24.1 Å². The third kappa shape index (κ3) is 5.11. The van der Waals surface area contributed by atoms with Crippen LogP contribution in [-0.4, -0.2) is 43.3 Å². The van der Waals surface area contributed by atoms with Crippen LogP contribution in [0.25, 0.3) is 0 Å². The Hall–Kier alpha value is -0.650. The van der Waals surface area contributed by atoms with E-state index in [4.69, 9.17) is 19.3 Å². The molecule has 15 heavy (non-hydrogen) atoms. The predicted molar refractivity (Wildman–Crippen MR) is 52.6 cm³/mol. The molecule has 1 saturated heterocycles. The minimum Gasteiger partial charge on any atom is -0.479 e. The van der Waals surface area contributed by atoms with Gasteiger partial charge in [0.15, 0.2) is 12.4 Å². The van der Waals surface area contributed by atoms with Crippen LogP contribution in [0.4, 0.5) is 0 Å². The molecular formula is C10H18O5. The van der Waals surface area contributed by atoms with Crippen molar-refractivity contribution in [3.63, 3.8) is 0 Å². The van der Waals surface area contributed by atoms with Gasteiger partial charge >= 0.3 is 5.97 Å². The fourth-order valence-corrected chi connectivity index (χ4v) is 1.32. The number of hydrogen-bond acceptors (Lipinski definition) is 4. The summed E-state index contributed by atoms with van der Waals surface area (Å²) in [4.78, 5) is 10.4. The monoisotopic (exact) mass is 218 g/mol. The SMILES string of the molecule is CC(OCCOC1CCCCO1)C(=O)O. The number of rotatable bonds is 6.